The van der Waals surface area contributed by atoms with Gasteiger partial charge >= 0.3 is 0 Å². The molecule has 32 heavy (non-hydrogen) atoms. The van der Waals surface area contributed by atoms with Gasteiger partial charge in [0.2, 0.25) is 5.43 Å². The zero-order valence-electron chi connectivity index (χ0n) is 16.4. The van der Waals surface area contributed by atoms with E-state index in [1.54, 1.807) is 16.9 Å². The predicted octanol–water partition coefficient (Wildman–Crippen LogP) is 4.29. The monoisotopic (exact) mass is 433 g/mol. The van der Waals surface area contributed by atoms with Gasteiger partial charge in [0.15, 0.2) is 23.1 Å². The van der Waals surface area contributed by atoms with Gasteiger partial charge in [0.1, 0.15) is 5.69 Å². The first-order chi connectivity index (χ1) is 15.5. The molecule has 0 aliphatic carbocycles. The predicted molar refractivity (Wildman–Crippen MR) is 112 cm³/mol. The van der Waals surface area contributed by atoms with Crippen LogP contribution in [0.5, 0.6) is 0 Å². The molecule has 0 aliphatic rings. The summed E-state index contributed by atoms with van der Waals surface area (Å²) in [6.45, 7) is 0. The molecule has 0 radical (unpaired) electrons. The van der Waals surface area contributed by atoms with E-state index in [0.29, 0.717) is 5.69 Å². The first kappa shape index (κ1) is 19.6. The summed E-state index contributed by atoms with van der Waals surface area (Å²) in [6.07, 6.45) is 4.74. The van der Waals surface area contributed by atoms with Crippen LogP contribution in [0.2, 0.25) is 0 Å². The normalized spacial score (nSPS) is 11.1. The summed E-state index contributed by atoms with van der Waals surface area (Å²) < 4.78 is 45.4. The Morgan fingerprint density at radius 2 is 1.53 bits per heavy atom. The third-order valence-corrected chi connectivity index (χ3v) is 4.90. The van der Waals surface area contributed by atoms with Crippen LogP contribution in [0.25, 0.3) is 28.5 Å². The van der Waals surface area contributed by atoms with Gasteiger partial charge in [0.25, 0.3) is 0 Å². The lowest BCUT2D eigenvalue weighted by atomic mass is 10.2. The van der Waals surface area contributed by atoms with Crippen molar-refractivity contribution in [1.29, 1.82) is 0 Å². The van der Waals surface area contributed by atoms with Crippen LogP contribution in [-0.2, 0) is 0 Å². The van der Waals surface area contributed by atoms with Crippen molar-refractivity contribution in [3.63, 3.8) is 0 Å². The van der Waals surface area contributed by atoms with E-state index in [2.05, 4.69) is 10.2 Å². The molecule has 0 fully saturated rings. The minimum absolute atomic E-state index is 0.0638. The lowest BCUT2D eigenvalue weighted by Gasteiger charge is -2.11. The number of para-hydroxylation sites is 1. The van der Waals surface area contributed by atoms with Crippen molar-refractivity contribution in [2.45, 2.75) is 0 Å². The van der Waals surface area contributed by atoms with E-state index in [0.717, 1.165) is 28.7 Å². The van der Waals surface area contributed by atoms with E-state index < -0.39 is 17.5 Å². The molecule has 5 aromatic rings. The van der Waals surface area contributed by atoms with Gasteiger partial charge in [0, 0.05) is 36.4 Å². The van der Waals surface area contributed by atoms with Gasteiger partial charge in [-0.05, 0) is 30.3 Å². The Kier molecular flexibility index (Phi) is 4.70. The molecule has 0 spiro atoms. The Bertz CT molecular complexity index is 1470. The molecule has 9 heteroatoms. The summed E-state index contributed by atoms with van der Waals surface area (Å²) in [4.78, 5) is 12.6. The second kappa shape index (κ2) is 7.69. The SMILES string of the molecule is O=c1ccn(-c2ccc(-n3cc(F)c(F)c3)cc2F)nc1-c1ccnn1-c1ccccc1. The molecule has 0 aliphatic heterocycles. The maximum atomic E-state index is 14.9. The number of benzene rings is 2. The highest BCUT2D eigenvalue weighted by Gasteiger charge is 2.15. The number of rotatable bonds is 4. The van der Waals surface area contributed by atoms with Gasteiger partial charge in [-0.2, -0.15) is 10.2 Å². The number of halogens is 3. The fourth-order valence-electron chi connectivity index (χ4n) is 3.37. The molecule has 3 heterocycles. The molecule has 0 N–H and O–H groups in total. The molecule has 158 valence electrons. The summed E-state index contributed by atoms with van der Waals surface area (Å²) in [5.41, 5.74) is 1.23. The van der Waals surface area contributed by atoms with E-state index in [1.807, 2.05) is 30.3 Å². The first-order valence-electron chi connectivity index (χ1n) is 9.54. The number of hydrogen-bond donors (Lipinski definition) is 0. The van der Waals surface area contributed by atoms with Crippen molar-refractivity contribution in [2.75, 3.05) is 0 Å². The van der Waals surface area contributed by atoms with Crippen LogP contribution in [0.1, 0.15) is 0 Å². The molecule has 0 unspecified atom stereocenters. The molecule has 0 amide bonds. The summed E-state index contributed by atoms with van der Waals surface area (Å²) >= 11 is 0. The highest BCUT2D eigenvalue weighted by atomic mass is 19.2. The van der Waals surface area contributed by atoms with Crippen LogP contribution in [0.3, 0.4) is 0 Å². The van der Waals surface area contributed by atoms with Gasteiger partial charge in [-0.25, -0.2) is 22.5 Å². The fraction of sp³-hybridized carbons (Fsp3) is 0. The van der Waals surface area contributed by atoms with Crippen LogP contribution < -0.4 is 5.43 Å². The Morgan fingerprint density at radius 1 is 0.781 bits per heavy atom. The Labute approximate surface area is 179 Å². The average Bonchev–Trinajstić information content (AvgIpc) is 3.42. The quantitative estimate of drug-likeness (QED) is 0.425. The smallest absolute Gasteiger partial charge is 0.209 e. The number of nitrogens with zero attached hydrogens (tertiary/aromatic N) is 5. The molecule has 3 aromatic heterocycles. The van der Waals surface area contributed by atoms with Gasteiger partial charge < -0.3 is 4.57 Å². The molecule has 0 saturated heterocycles. The van der Waals surface area contributed by atoms with Gasteiger partial charge in [-0.1, -0.05) is 18.2 Å². The Hall–Kier alpha value is -4.40. The third-order valence-electron chi connectivity index (χ3n) is 4.90. The van der Waals surface area contributed by atoms with Gasteiger partial charge in [-0.3, -0.25) is 4.79 Å². The fourth-order valence-corrected chi connectivity index (χ4v) is 3.37. The van der Waals surface area contributed by atoms with E-state index in [9.17, 15) is 18.0 Å². The van der Waals surface area contributed by atoms with Crippen molar-refractivity contribution in [1.82, 2.24) is 24.1 Å². The molecule has 6 nitrogen and oxygen atoms in total. The summed E-state index contributed by atoms with van der Waals surface area (Å²) in [7, 11) is 0. The van der Waals surface area contributed by atoms with E-state index in [1.165, 1.54) is 29.1 Å². The third kappa shape index (κ3) is 3.39. The minimum Gasteiger partial charge on any atom is -0.318 e. The van der Waals surface area contributed by atoms with Gasteiger partial charge in [0.05, 0.1) is 17.6 Å². The minimum atomic E-state index is -1.03. The van der Waals surface area contributed by atoms with Crippen molar-refractivity contribution < 1.29 is 13.2 Å². The lowest BCUT2D eigenvalue weighted by Crippen LogP contribution is -2.15. The molecule has 0 atom stereocenters. The molecular formula is C23H14F3N5O. The topological polar surface area (TPSA) is 57.6 Å². The average molecular weight is 433 g/mol. The maximum absolute atomic E-state index is 14.9. The van der Waals surface area contributed by atoms with Crippen molar-refractivity contribution in [3.05, 3.63) is 113 Å². The zero-order valence-corrected chi connectivity index (χ0v) is 16.4. The van der Waals surface area contributed by atoms with Crippen LogP contribution >= 0.6 is 0 Å². The summed E-state index contributed by atoms with van der Waals surface area (Å²) in [5.74, 6) is -2.75. The van der Waals surface area contributed by atoms with Crippen LogP contribution in [0, 0.1) is 17.5 Å². The molecule has 0 bridgehead atoms. The summed E-state index contributed by atoms with van der Waals surface area (Å²) in [6, 6.07) is 16.2. The molecule has 2 aromatic carbocycles. The van der Waals surface area contributed by atoms with Crippen LogP contribution in [0.4, 0.5) is 13.2 Å². The van der Waals surface area contributed by atoms with Crippen molar-refractivity contribution in [3.8, 4) is 28.5 Å². The molecular weight excluding hydrogens is 419 g/mol. The largest absolute Gasteiger partial charge is 0.318 e. The van der Waals surface area contributed by atoms with Crippen LogP contribution in [-0.4, -0.2) is 24.1 Å². The standard InChI is InChI=1S/C23H14F3N5O/c24-17-12-16(29-13-18(25)19(26)14-29)6-7-20(17)30-11-9-22(32)23(28-30)21-8-10-27-31(21)15-4-2-1-3-5-15/h1-14H. The van der Waals surface area contributed by atoms with E-state index >= 15 is 0 Å². The molecule has 0 saturated carbocycles. The van der Waals surface area contributed by atoms with Crippen molar-refractivity contribution >= 4 is 0 Å². The summed E-state index contributed by atoms with van der Waals surface area (Å²) in [5, 5.41) is 8.60. The maximum Gasteiger partial charge on any atom is 0.209 e. The second-order valence-electron chi connectivity index (χ2n) is 6.93. The number of aromatic nitrogens is 5. The lowest BCUT2D eigenvalue weighted by molar-refractivity contribution is 0.516. The highest BCUT2D eigenvalue weighted by molar-refractivity contribution is 5.57. The van der Waals surface area contributed by atoms with E-state index in [-0.39, 0.29) is 22.5 Å². The first-order valence-corrected chi connectivity index (χ1v) is 9.54. The highest BCUT2D eigenvalue weighted by Crippen LogP contribution is 2.21. The molecule has 5 rings (SSSR count). The second-order valence-corrected chi connectivity index (χ2v) is 6.93. The van der Waals surface area contributed by atoms with Crippen LogP contribution in [0.15, 0.2) is 90.2 Å². The Balaban J connectivity index is 1.57. The van der Waals surface area contributed by atoms with Crippen molar-refractivity contribution in [2.24, 2.45) is 0 Å². The Morgan fingerprint density at radius 3 is 2.25 bits per heavy atom. The van der Waals surface area contributed by atoms with Gasteiger partial charge in [-0.15, -0.1) is 0 Å². The van der Waals surface area contributed by atoms with E-state index in [4.69, 9.17) is 0 Å². The zero-order chi connectivity index (χ0) is 22.2. The number of hydrogen-bond acceptors (Lipinski definition) is 3.